The Morgan fingerprint density at radius 3 is 2.94 bits per heavy atom. The molecule has 1 aromatic heterocycles. The van der Waals surface area contributed by atoms with E-state index in [1.807, 2.05) is 26.4 Å². The van der Waals surface area contributed by atoms with Gasteiger partial charge in [0.25, 0.3) is 0 Å². The molecule has 0 aliphatic carbocycles. The second-order valence-corrected chi connectivity index (χ2v) is 4.05. The Balaban J connectivity index is 2.08. The van der Waals surface area contributed by atoms with Crippen molar-refractivity contribution in [1.82, 2.24) is 9.78 Å². The van der Waals surface area contributed by atoms with Crippen LogP contribution in [-0.2, 0) is 18.2 Å². The first kappa shape index (κ1) is 13.2. The van der Waals surface area contributed by atoms with Crippen molar-refractivity contribution in [3.63, 3.8) is 0 Å². The number of aliphatic hydroxyl groups is 1. The van der Waals surface area contributed by atoms with Crippen LogP contribution in [0.25, 0.3) is 0 Å². The van der Waals surface area contributed by atoms with Crippen molar-refractivity contribution in [2.24, 2.45) is 7.05 Å². The van der Waals surface area contributed by atoms with Crippen LogP contribution >= 0.6 is 0 Å². The van der Waals surface area contributed by atoms with Crippen LogP contribution in [-0.4, -0.2) is 34.2 Å². The van der Waals surface area contributed by atoms with Crippen molar-refractivity contribution < 1.29 is 9.84 Å². The van der Waals surface area contributed by atoms with Gasteiger partial charge in [-0.05, 0) is 38.2 Å². The lowest BCUT2D eigenvalue weighted by Crippen LogP contribution is -2.09. The fourth-order valence-corrected chi connectivity index (χ4v) is 1.64. The first-order chi connectivity index (χ1) is 7.72. The van der Waals surface area contributed by atoms with Gasteiger partial charge in [0.2, 0.25) is 0 Å². The van der Waals surface area contributed by atoms with Gasteiger partial charge >= 0.3 is 0 Å². The second kappa shape index (κ2) is 7.41. The summed E-state index contributed by atoms with van der Waals surface area (Å²) in [6.45, 7) is 3.49. The molecule has 1 N–H and O–H groups in total. The Hall–Kier alpha value is -0.870. The van der Waals surface area contributed by atoms with E-state index in [2.05, 4.69) is 5.10 Å². The highest BCUT2D eigenvalue weighted by atomic mass is 16.5. The quantitative estimate of drug-likeness (QED) is 0.684. The van der Waals surface area contributed by atoms with Crippen LogP contribution < -0.4 is 0 Å². The highest BCUT2D eigenvalue weighted by Gasteiger charge is 2.05. The van der Waals surface area contributed by atoms with E-state index in [4.69, 9.17) is 4.74 Å². The summed E-state index contributed by atoms with van der Waals surface area (Å²) in [4.78, 5) is 0. The van der Waals surface area contributed by atoms with E-state index >= 15 is 0 Å². The molecule has 1 atom stereocenters. The van der Waals surface area contributed by atoms with Gasteiger partial charge in [0.05, 0.1) is 12.3 Å². The summed E-state index contributed by atoms with van der Waals surface area (Å²) in [6.07, 6.45) is 7.07. The minimum absolute atomic E-state index is 0.222. The lowest BCUT2D eigenvalue weighted by Gasteiger charge is -2.09. The molecule has 1 heterocycles. The van der Waals surface area contributed by atoms with E-state index in [-0.39, 0.29) is 6.10 Å². The Kier molecular flexibility index (Phi) is 6.11. The molecule has 0 saturated heterocycles. The van der Waals surface area contributed by atoms with Crippen molar-refractivity contribution in [2.45, 2.75) is 38.7 Å². The van der Waals surface area contributed by atoms with Crippen LogP contribution in [0.2, 0.25) is 0 Å². The third-order valence-corrected chi connectivity index (χ3v) is 2.55. The fourth-order valence-electron chi connectivity index (χ4n) is 1.64. The number of rotatable bonds is 8. The zero-order valence-electron chi connectivity index (χ0n) is 10.2. The van der Waals surface area contributed by atoms with Gasteiger partial charge in [-0.2, -0.15) is 5.10 Å². The van der Waals surface area contributed by atoms with Crippen molar-refractivity contribution >= 4 is 0 Å². The summed E-state index contributed by atoms with van der Waals surface area (Å²) in [5.74, 6) is 0. The molecule has 0 aliphatic rings. The third kappa shape index (κ3) is 5.28. The summed E-state index contributed by atoms with van der Waals surface area (Å²) in [6, 6.07) is 0. The molecule has 0 saturated carbocycles. The minimum atomic E-state index is -0.222. The smallest absolute Gasteiger partial charge is 0.0544 e. The highest BCUT2D eigenvalue weighted by Crippen LogP contribution is 2.08. The highest BCUT2D eigenvalue weighted by molar-refractivity contribution is 5.03. The summed E-state index contributed by atoms with van der Waals surface area (Å²) >= 11 is 0. The Bertz CT molecular complexity index is 286. The number of aliphatic hydroxyl groups excluding tert-OH is 1. The molecule has 1 aromatic rings. The number of hydrogen-bond acceptors (Lipinski definition) is 3. The van der Waals surface area contributed by atoms with Gasteiger partial charge in [-0.3, -0.25) is 4.68 Å². The molecule has 16 heavy (non-hydrogen) atoms. The third-order valence-electron chi connectivity index (χ3n) is 2.55. The van der Waals surface area contributed by atoms with Gasteiger partial charge in [-0.15, -0.1) is 0 Å². The SMILES string of the molecule is CCOCCCC(O)CCc1cnn(C)c1. The van der Waals surface area contributed by atoms with E-state index in [1.54, 1.807) is 4.68 Å². The first-order valence-corrected chi connectivity index (χ1v) is 5.95. The van der Waals surface area contributed by atoms with Gasteiger partial charge < -0.3 is 9.84 Å². The van der Waals surface area contributed by atoms with Gasteiger partial charge in [-0.1, -0.05) is 0 Å². The van der Waals surface area contributed by atoms with E-state index in [0.29, 0.717) is 0 Å². The molecule has 0 bridgehead atoms. The molecule has 1 unspecified atom stereocenters. The molecule has 1 rings (SSSR count). The molecule has 0 aliphatic heterocycles. The van der Waals surface area contributed by atoms with Gasteiger partial charge in [0.15, 0.2) is 0 Å². The average molecular weight is 226 g/mol. The topological polar surface area (TPSA) is 47.3 Å². The molecule has 0 spiro atoms. The number of nitrogens with zero attached hydrogens (tertiary/aromatic N) is 2. The predicted octanol–water partition coefficient (Wildman–Crippen LogP) is 1.53. The van der Waals surface area contributed by atoms with E-state index in [9.17, 15) is 5.11 Å². The summed E-state index contributed by atoms with van der Waals surface area (Å²) in [7, 11) is 1.90. The van der Waals surface area contributed by atoms with Crippen molar-refractivity contribution in [2.75, 3.05) is 13.2 Å². The van der Waals surface area contributed by atoms with E-state index < -0.39 is 0 Å². The minimum Gasteiger partial charge on any atom is -0.393 e. The molecule has 4 heteroatoms. The van der Waals surface area contributed by atoms with Crippen molar-refractivity contribution in [1.29, 1.82) is 0 Å². The van der Waals surface area contributed by atoms with Crippen molar-refractivity contribution in [3.05, 3.63) is 18.0 Å². The van der Waals surface area contributed by atoms with Crippen LogP contribution in [0.1, 0.15) is 31.7 Å². The van der Waals surface area contributed by atoms with E-state index in [1.165, 1.54) is 5.56 Å². The van der Waals surface area contributed by atoms with Crippen LogP contribution in [0.3, 0.4) is 0 Å². The predicted molar refractivity (Wildman–Crippen MR) is 63.3 cm³/mol. The number of ether oxygens (including phenoxy) is 1. The largest absolute Gasteiger partial charge is 0.393 e. The number of hydrogen-bond donors (Lipinski definition) is 1. The Morgan fingerprint density at radius 2 is 2.31 bits per heavy atom. The molecule has 0 fully saturated rings. The van der Waals surface area contributed by atoms with Gasteiger partial charge in [0, 0.05) is 26.5 Å². The number of aromatic nitrogens is 2. The summed E-state index contributed by atoms with van der Waals surface area (Å²) < 4.78 is 7.01. The molecule has 92 valence electrons. The second-order valence-electron chi connectivity index (χ2n) is 4.05. The van der Waals surface area contributed by atoms with Gasteiger partial charge in [-0.25, -0.2) is 0 Å². The van der Waals surface area contributed by atoms with Crippen LogP contribution in [0.4, 0.5) is 0 Å². The Labute approximate surface area is 97.2 Å². The lowest BCUT2D eigenvalue weighted by atomic mass is 10.1. The molecule has 0 radical (unpaired) electrons. The zero-order valence-corrected chi connectivity index (χ0v) is 10.2. The normalized spacial score (nSPS) is 12.9. The zero-order chi connectivity index (χ0) is 11.8. The van der Waals surface area contributed by atoms with Crippen molar-refractivity contribution in [3.8, 4) is 0 Å². The maximum atomic E-state index is 9.73. The summed E-state index contributed by atoms with van der Waals surface area (Å²) in [5, 5.41) is 13.8. The number of aryl methyl sites for hydroxylation is 2. The molecule has 4 nitrogen and oxygen atoms in total. The van der Waals surface area contributed by atoms with Gasteiger partial charge in [0.1, 0.15) is 0 Å². The maximum Gasteiger partial charge on any atom is 0.0544 e. The average Bonchev–Trinajstić information content (AvgIpc) is 2.68. The van der Waals surface area contributed by atoms with E-state index in [0.717, 1.165) is 38.9 Å². The lowest BCUT2D eigenvalue weighted by molar-refractivity contribution is 0.110. The standard InChI is InChI=1S/C12H22N2O2/c1-3-16-8-4-5-12(15)7-6-11-9-13-14(2)10-11/h9-10,12,15H,3-8H2,1-2H3. The first-order valence-electron chi connectivity index (χ1n) is 5.95. The maximum absolute atomic E-state index is 9.73. The molecule has 0 aromatic carbocycles. The monoisotopic (exact) mass is 226 g/mol. The summed E-state index contributed by atoms with van der Waals surface area (Å²) in [5.41, 5.74) is 1.19. The molecular weight excluding hydrogens is 204 g/mol. The van der Waals surface area contributed by atoms with Crippen LogP contribution in [0.15, 0.2) is 12.4 Å². The fraction of sp³-hybridized carbons (Fsp3) is 0.750. The Morgan fingerprint density at radius 1 is 1.50 bits per heavy atom. The van der Waals surface area contributed by atoms with Crippen LogP contribution in [0.5, 0.6) is 0 Å². The molecule has 0 amide bonds. The molecular formula is C12H22N2O2. The van der Waals surface area contributed by atoms with Crippen LogP contribution in [0, 0.1) is 0 Å².